The SMILES string of the molecule is CCCn1nc(C(=O)N2CC(O)CC2C(=O)O)ccc1=O. The van der Waals surface area contributed by atoms with Crippen molar-refractivity contribution in [2.75, 3.05) is 6.54 Å². The summed E-state index contributed by atoms with van der Waals surface area (Å²) in [4.78, 5) is 36.1. The van der Waals surface area contributed by atoms with Crippen molar-refractivity contribution in [3.8, 4) is 0 Å². The predicted octanol–water partition coefficient (Wildman–Crippen LogP) is -0.687. The van der Waals surface area contributed by atoms with Crippen LogP contribution in [0.3, 0.4) is 0 Å². The van der Waals surface area contributed by atoms with Gasteiger partial charge in [-0.25, -0.2) is 9.48 Å². The van der Waals surface area contributed by atoms with Gasteiger partial charge in [0.05, 0.1) is 6.10 Å². The van der Waals surface area contributed by atoms with Gasteiger partial charge in [-0.2, -0.15) is 5.10 Å². The third kappa shape index (κ3) is 3.10. The van der Waals surface area contributed by atoms with Crippen LogP contribution in [0.25, 0.3) is 0 Å². The second-order valence-corrected chi connectivity index (χ2v) is 4.98. The number of aromatic nitrogens is 2. The molecule has 1 aromatic rings. The van der Waals surface area contributed by atoms with Gasteiger partial charge in [0.25, 0.3) is 11.5 Å². The Morgan fingerprint density at radius 3 is 2.76 bits per heavy atom. The van der Waals surface area contributed by atoms with Crippen molar-refractivity contribution in [1.29, 1.82) is 0 Å². The maximum Gasteiger partial charge on any atom is 0.326 e. The number of carboxylic acids is 1. The van der Waals surface area contributed by atoms with Crippen molar-refractivity contribution in [2.24, 2.45) is 0 Å². The van der Waals surface area contributed by atoms with Crippen molar-refractivity contribution in [3.63, 3.8) is 0 Å². The molecule has 0 radical (unpaired) electrons. The Hall–Kier alpha value is -2.22. The number of nitrogens with zero attached hydrogens (tertiary/aromatic N) is 3. The first-order valence-corrected chi connectivity index (χ1v) is 6.74. The van der Waals surface area contributed by atoms with Crippen LogP contribution in [0.4, 0.5) is 0 Å². The lowest BCUT2D eigenvalue weighted by molar-refractivity contribution is -0.141. The van der Waals surface area contributed by atoms with E-state index in [-0.39, 0.29) is 24.2 Å². The Kier molecular flexibility index (Phi) is 4.37. The summed E-state index contributed by atoms with van der Waals surface area (Å²) in [5.41, 5.74) is -0.312. The minimum absolute atomic E-state index is 0.00315. The van der Waals surface area contributed by atoms with E-state index in [0.29, 0.717) is 13.0 Å². The molecule has 8 nitrogen and oxygen atoms in total. The van der Waals surface area contributed by atoms with Gasteiger partial charge in [-0.3, -0.25) is 9.59 Å². The smallest absolute Gasteiger partial charge is 0.326 e. The number of aryl methyl sites for hydroxylation is 1. The Morgan fingerprint density at radius 2 is 2.14 bits per heavy atom. The van der Waals surface area contributed by atoms with E-state index in [1.54, 1.807) is 0 Å². The van der Waals surface area contributed by atoms with E-state index < -0.39 is 24.0 Å². The zero-order chi connectivity index (χ0) is 15.6. The second kappa shape index (κ2) is 6.04. The molecule has 1 fully saturated rings. The fraction of sp³-hybridized carbons (Fsp3) is 0.538. The molecule has 1 aliphatic rings. The molecule has 0 aromatic carbocycles. The molecule has 1 amide bonds. The molecular weight excluding hydrogens is 278 g/mol. The number of carbonyl (C=O) groups is 2. The fourth-order valence-corrected chi connectivity index (χ4v) is 2.35. The quantitative estimate of drug-likeness (QED) is 0.760. The third-order valence-corrected chi connectivity index (χ3v) is 3.35. The highest BCUT2D eigenvalue weighted by molar-refractivity contribution is 5.95. The molecule has 2 atom stereocenters. The molecule has 1 aromatic heterocycles. The average Bonchev–Trinajstić information content (AvgIpc) is 2.83. The van der Waals surface area contributed by atoms with E-state index >= 15 is 0 Å². The monoisotopic (exact) mass is 295 g/mol. The highest BCUT2D eigenvalue weighted by atomic mass is 16.4. The van der Waals surface area contributed by atoms with Gasteiger partial charge >= 0.3 is 5.97 Å². The Labute approximate surface area is 120 Å². The van der Waals surface area contributed by atoms with Crippen molar-refractivity contribution in [1.82, 2.24) is 14.7 Å². The van der Waals surface area contributed by atoms with Crippen LogP contribution < -0.4 is 5.56 Å². The number of β-amino-alcohol motifs (C(OH)–C–C–N with tert-alkyl or cyclic N) is 1. The molecule has 2 heterocycles. The van der Waals surface area contributed by atoms with Gasteiger partial charge in [0.1, 0.15) is 11.7 Å². The maximum atomic E-state index is 12.3. The van der Waals surface area contributed by atoms with Crippen LogP contribution in [0.1, 0.15) is 30.3 Å². The molecule has 1 saturated heterocycles. The fourth-order valence-electron chi connectivity index (χ4n) is 2.35. The first kappa shape index (κ1) is 15.2. The zero-order valence-corrected chi connectivity index (χ0v) is 11.6. The minimum atomic E-state index is -1.17. The number of likely N-dealkylation sites (tertiary alicyclic amines) is 1. The molecule has 114 valence electrons. The molecule has 0 aliphatic carbocycles. The van der Waals surface area contributed by atoms with Crippen molar-refractivity contribution < 1.29 is 19.8 Å². The summed E-state index contributed by atoms with van der Waals surface area (Å²) in [5, 5.41) is 22.6. The van der Waals surface area contributed by atoms with Gasteiger partial charge in [0.2, 0.25) is 0 Å². The van der Waals surface area contributed by atoms with Crippen LogP contribution in [0.15, 0.2) is 16.9 Å². The van der Waals surface area contributed by atoms with Crippen LogP contribution >= 0.6 is 0 Å². The number of hydrogen-bond acceptors (Lipinski definition) is 5. The molecule has 0 spiro atoms. The van der Waals surface area contributed by atoms with E-state index in [9.17, 15) is 19.5 Å². The van der Waals surface area contributed by atoms with E-state index in [4.69, 9.17) is 5.11 Å². The van der Waals surface area contributed by atoms with Crippen LogP contribution in [0.5, 0.6) is 0 Å². The van der Waals surface area contributed by atoms with Crippen LogP contribution in [-0.4, -0.2) is 55.5 Å². The summed E-state index contributed by atoms with van der Waals surface area (Å²) >= 11 is 0. The maximum absolute atomic E-state index is 12.3. The number of aliphatic carboxylic acids is 1. The van der Waals surface area contributed by atoms with Gasteiger partial charge < -0.3 is 15.1 Å². The minimum Gasteiger partial charge on any atom is -0.480 e. The summed E-state index contributed by atoms with van der Waals surface area (Å²) in [6, 6.07) is 1.44. The lowest BCUT2D eigenvalue weighted by Gasteiger charge is -2.20. The topological polar surface area (TPSA) is 113 Å². The van der Waals surface area contributed by atoms with E-state index in [2.05, 4.69) is 5.10 Å². The molecule has 2 rings (SSSR count). The zero-order valence-electron chi connectivity index (χ0n) is 11.6. The van der Waals surface area contributed by atoms with Gasteiger partial charge in [-0.1, -0.05) is 6.92 Å². The molecule has 0 saturated carbocycles. The second-order valence-electron chi connectivity index (χ2n) is 4.98. The lowest BCUT2D eigenvalue weighted by Crippen LogP contribution is -2.41. The summed E-state index contributed by atoms with van der Waals surface area (Å²) in [6.07, 6.45) is -0.183. The molecule has 21 heavy (non-hydrogen) atoms. The lowest BCUT2D eigenvalue weighted by atomic mass is 10.2. The van der Waals surface area contributed by atoms with Crippen molar-refractivity contribution in [2.45, 2.75) is 38.5 Å². The van der Waals surface area contributed by atoms with Gasteiger partial charge in [0, 0.05) is 25.6 Å². The molecule has 8 heteroatoms. The standard InChI is InChI=1S/C13H17N3O5/c1-2-5-16-11(18)4-3-9(14-16)12(19)15-7-8(17)6-10(15)13(20)21/h3-4,8,10,17H,2,5-7H2,1H3,(H,20,21). The average molecular weight is 295 g/mol. The van der Waals surface area contributed by atoms with Crippen molar-refractivity contribution in [3.05, 3.63) is 28.2 Å². The number of aliphatic hydroxyl groups excluding tert-OH is 1. The number of amides is 1. The van der Waals surface area contributed by atoms with E-state index in [0.717, 1.165) is 4.90 Å². The highest BCUT2D eigenvalue weighted by Crippen LogP contribution is 2.20. The largest absolute Gasteiger partial charge is 0.480 e. The van der Waals surface area contributed by atoms with E-state index in [1.165, 1.54) is 16.8 Å². The Morgan fingerprint density at radius 1 is 1.43 bits per heavy atom. The predicted molar refractivity (Wildman–Crippen MR) is 71.9 cm³/mol. The van der Waals surface area contributed by atoms with Crippen LogP contribution in [-0.2, 0) is 11.3 Å². The van der Waals surface area contributed by atoms with Gasteiger partial charge in [-0.15, -0.1) is 0 Å². The van der Waals surface area contributed by atoms with Crippen LogP contribution in [0.2, 0.25) is 0 Å². The summed E-state index contributed by atoms with van der Waals surface area (Å²) in [5.74, 6) is -1.76. The molecule has 2 unspecified atom stereocenters. The van der Waals surface area contributed by atoms with E-state index in [1.807, 2.05) is 6.92 Å². The molecule has 1 aliphatic heterocycles. The Bertz CT molecular complexity index is 612. The number of rotatable bonds is 4. The van der Waals surface area contributed by atoms with Crippen molar-refractivity contribution >= 4 is 11.9 Å². The number of hydrogen-bond donors (Lipinski definition) is 2. The number of carbonyl (C=O) groups excluding carboxylic acids is 1. The summed E-state index contributed by atoms with van der Waals surface area (Å²) < 4.78 is 1.18. The molecule has 2 N–H and O–H groups in total. The van der Waals surface area contributed by atoms with Crippen LogP contribution in [0, 0.1) is 0 Å². The molecule has 0 bridgehead atoms. The van der Waals surface area contributed by atoms with Gasteiger partial charge in [0.15, 0.2) is 0 Å². The van der Waals surface area contributed by atoms with Gasteiger partial charge in [-0.05, 0) is 12.5 Å². The number of aliphatic hydroxyl groups is 1. The summed E-state index contributed by atoms with van der Waals surface area (Å²) in [7, 11) is 0. The third-order valence-electron chi connectivity index (χ3n) is 3.35. The molecular formula is C13H17N3O5. The number of carboxylic acid groups (broad SMARTS) is 1. The Balaban J connectivity index is 2.29. The normalized spacial score (nSPS) is 21.5. The first-order chi connectivity index (χ1) is 9.93. The highest BCUT2D eigenvalue weighted by Gasteiger charge is 2.39. The summed E-state index contributed by atoms with van der Waals surface area (Å²) in [6.45, 7) is 2.20. The first-order valence-electron chi connectivity index (χ1n) is 6.74.